The number of benzene rings is 1. The molecule has 0 aromatic heterocycles. The first-order valence-corrected chi connectivity index (χ1v) is 7.14. The summed E-state index contributed by atoms with van der Waals surface area (Å²) in [6.45, 7) is 3.30. The van der Waals surface area contributed by atoms with Crippen LogP contribution >= 0.6 is 0 Å². The van der Waals surface area contributed by atoms with Gasteiger partial charge in [0.15, 0.2) is 0 Å². The molecular formula is C15H17BN2O5. The maximum Gasteiger partial charge on any atom is 0.547 e. The fraction of sp³-hybridized carbons (Fsp3) is 0.400. The number of hydrogen-bond acceptors (Lipinski definition) is 5. The maximum atomic E-state index is 12.0. The molecule has 7 nitrogen and oxygen atoms in total. The molecule has 0 saturated carbocycles. The normalized spacial score (nSPS) is 16.8. The van der Waals surface area contributed by atoms with Gasteiger partial charge in [0.05, 0.1) is 23.0 Å². The second-order valence-electron chi connectivity index (χ2n) is 6.16. The van der Waals surface area contributed by atoms with Crippen molar-refractivity contribution >= 4 is 19.0 Å². The van der Waals surface area contributed by atoms with E-state index in [1.165, 1.54) is 6.07 Å². The number of carbonyl (C=O) groups is 2. The predicted molar refractivity (Wildman–Crippen MR) is 81.6 cm³/mol. The molecule has 23 heavy (non-hydrogen) atoms. The number of carboxylic acids is 1. The van der Waals surface area contributed by atoms with Gasteiger partial charge in [-0.1, -0.05) is 12.1 Å². The van der Waals surface area contributed by atoms with Crippen LogP contribution < -0.4 is 9.97 Å². The summed E-state index contributed by atoms with van der Waals surface area (Å²) in [5, 5.41) is 30.8. The van der Waals surface area contributed by atoms with E-state index in [9.17, 15) is 14.6 Å². The number of aromatic carboxylic acids is 1. The summed E-state index contributed by atoms with van der Waals surface area (Å²) in [4.78, 5) is 23.2. The molecule has 0 spiro atoms. The number of carbonyl (C=O) groups excluding carboxylic acids is 1. The molecule has 0 unspecified atom stereocenters. The minimum absolute atomic E-state index is 0.00522. The van der Waals surface area contributed by atoms with Crippen LogP contribution in [-0.2, 0) is 11.2 Å². The van der Waals surface area contributed by atoms with Crippen molar-refractivity contribution < 1.29 is 24.4 Å². The third-order valence-electron chi connectivity index (χ3n) is 3.60. The molecule has 1 aromatic carbocycles. The van der Waals surface area contributed by atoms with Crippen molar-refractivity contribution in [2.45, 2.75) is 32.6 Å². The van der Waals surface area contributed by atoms with E-state index in [4.69, 9.17) is 15.0 Å². The number of carboxylic acid groups (broad SMARTS) is 1. The van der Waals surface area contributed by atoms with Crippen LogP contribution in [0.1, 0.15) is 36.2 Å². The second-order valence-corrected chi connectivity index (χ2v) is 6.16. The van der Waals surface area contributed by atoms with E-state index in [1.807, 2.05) is 6.07 Å². The van der Waals surface area contributed by atoms with Gasteiger partial charge in [-0.25, -0.2) is 4.79 Å². The highest BCUT2D eigenvalue weighted by atomic mass is 16.5. The zero-order valence-corrected chi connectivity index (χ0v) is 12.9. The van der Waals surface area contributed by atoms with E-state index in [0.29, 0.717) is 5.56 Å². The van der Waals surface area contributed by atoms with Crippen LogP contribution in [0.3, 0.4) is 0 Å². The Bertz CT molecular complexity index is 683. The molecule has 0 bridgehead atoms. The summed E-state index contributed by atoms with van der Waals surface area (Å²) in [5.74, 6) is -2.10. The zero-order valence-electron chi connectivity index (χ0n) is 12.9. The first kappa shape index (κ1) is 16.8. The van der Waals surface area contributed by atoms with Crippen molar-refractivity contribution in [1.29, 1.82) is 5.26 Å². The van der Waals surface area contributed by atoms with Gasteiger partial charge in [-0.2, -0.15) is 5.26 Å². The lowest BCUT2D eigenvalue weighted by Gasteiger charge is -2.29. The lowest BCUT2D eigenvalue weighted by atomic mass is 9.72. The summed E-state index contributed by atoms with van der Waals surface area (Å²) in [5.41, 5.74) is -0.240. The Labute approximate surface area is 134 Å². The van der Waals surface area contributed by atoms with Gasteiger partial charge < -0.3 is 20.1 Å². The Hall–Kier alpha value is -2.53. The van der Waals surface area contributed by atoms with Gasteiger partial charge in [0.1, 0.15) is 5.75 Å². The van der Waals surface area contributed by atoms with Crippen LogP contribution in [0.5, 0.6) is 5.75 Å². The number of amides is 1. The van der Waals surface area contributed by atoms with E-state index in [1.54, 1.807) is 26.0 Å². The van der Waals surface area contributed by atoms with Gasteiger partial charge in [0, 0.05) is 6.42 Å². The van der Waals surface area contributed by atoms with Gasteiger partial charge in [-0.15, -0.1) is 0 Å². The Balaban J connectivity index is 2.13. The summed E-state index contributed by atoms with van der Waals surface area (Å²) in [6, 6.07) is 6.70. The fourth-order valence-corrected chi connectivity index (χ4v) is 2.41. The molecule has 120 valence electrons. The molecule has 3 N–H and O–H groups in total. The lowest BCUT2D eigenvalue weighted by Crippen LogP contribution is -2.53. The number of fused-ring (bicyclic) bond motifs is 1. The number of nitriles is 1. The quantitative estimate of drug-likeness (QED) is 0.706. The van der Waals surface area contributed by atoms with Crippen LogP contribution in [0.4, 0.5) is 0 Å². The molecule has 1 aliphatic rings. The zero-order chi connectivity index (χ0) is 17.2. The number of nitrogens with zero attached hydrogens (tertiary/aromatic N) is 1. The minimum Gasteiger partial charge on any atom is -0.534 e. The highest BCUT2D eigenvalue weighted by Gasteiger charge is 2.38. The Morgan fingerprint density at radius 1 is 1.52 bits per heavy atom. The Kier molecular flexibility index (Phi) is 4.61. The van der Waals surface area contributed by atoms with Crippen LogP contribution in [-0.4, -0.2) is 35.1 Å². The van der Waals surface area contributed by atoms with Gasteiger partial charge in [-0.05, 0) is 31.9 Å². The van der Waals surface area contributed by atoms with Crippen molar-refractivity contribution in [3.05, 3.63) is 29.3 Å². The van der Waals surface area contributed by atoms with Crippen LogP contribution in [0, 0.1) is 16.7 Å². The van der Waals surface area contributed by atoms with E-state index in [-0.39, 0.29) is 30.1 Å². The first-order valence-electron chi connectivity index (χ1n) is 7.14. The van der Waals surface area contributed by atoms with Crippen molar-refractivity contribution in [2.75, 3.05) is 0 Å². The summed E-state index contributed by atoms with van der Waals surface area (Å²) >= 11 is 0. The van der Waals surface area contributed by atoms with Crippen LogP contribution in [0.2, 0.25) is 0 Å². The van der Waals surface area contributed by atoms with Gasteiger partial charge in [0.2, 0.25) is 5.91 Å². The van der Waals surface area contributed by atoms with Crippen molar-refractivity contribution in [3.8, 4) is 11.8 Å². The summed E-state index contributed by atoms with van der Waals surface area (Å²) in [7, 11) is -1.35. The fourth-order valence-electron chi connectivity index (χ4n) is 2.41. The van der Waals surface area contributed by atoms with Crippen LogP contribution in [0.25, 0.3) is 0 Å². The molecule has 0 saturated heterocycles. The highest BCUT2D eigenvalue weighted by molar-refractivity contribution is 6.47. The van der Waals surface area contributed by atoms with E-state index in [0.717, 1.165) is 0 Å². The average Bonchev–Trinajstić information content (AvgIpc) is 2.46. The Morgan fingerprint density at radius 3 is 2.83 bits per heavy atom. The third kappa shape index (κ3) is 3.82. The van der Waals surface area contributed by atoms with Crippen LogP contribution in [0.15, 0.2) is 18.2 Å². The minimum atomic E-state index is -1.35. The van der Waals surface area contributed by atoms with Gasteiger partial charge in [-0.3, -0.25) is 4.79 Å². The molecule has 2 rings (SSSR count). The van der Waals surface area contributed by atoms with E-state index >= 15 is 0 Å². The molecule has 8 heteroatoms. The monoisotopic (exact) mass is 316 g/mol. The summed E-state index contributed by atoms with van der Waals surface area (Å²) < 4.78 is 5.29. The molecular weight excluding hydrogens is 299 g/mol. The van der Waals surface area contributed by atoms with Crippen molar-refractivity contribution in [1.82, 2.24) is 5.32 Å². The molecule has 1 amide bonds. The largest absolute Gasteiger partial charge is 0.547 e. The number of rotatable bonds is 4. The predicted octanol–water partition coefficient (Wildman–Crippen LogP) is 0.764. The highest BCUT2D eigenvalue weighted by Crippen LogP contribution is 2.30. The van der Waals surface area contributed by atoms with Crippen molar-refractivity contribution in [3.63, 3.8) is 0 Å². The number of hydrogen-bond donors (Lipinski definition) is 3. The lowest BCUT2D eigenvalue weighted by molar-refractivity contribution is -0.122. The molecule has 1 aromatic rings. The van der Waals surface area contributed by atoms with E-state index < -0.39 is 24.4 Å². The molecule has 1 heterocycles. The SMILES string of the molecule is CC(C)(C#N)CC(=O)N[C@H]1Cc2cccc(C(=O)O)c2OB1O. The third-order valence-corrected chi connectivity index (χ3v) is 3.60. The molecule has 0 aliphatic carbocycles. The molecule has 0 radical (unpaired) electrons. The average molecular weight is 316 g/mol. The summed E-state index contributed by atoms with van der Waals surface area (Å²) in [6.07, 6.45) is 0.241. The first-order chi connectivity index (χ1) is 10.7. The maximum absolute atomic E-state index is 12.0. The van der Waals surface area contributed by atoms with Gasteiger partial charge >= 0.3 is 13.1 Å². The van der Waals surface area contributed by atoms with Gasteiger partial charge in [0.25, 0.3) is 0 Å². The van der Waals surface area contributed by atoms with E-state index in [2.05, 4.69) is 5.32 Å². The standard InChI is InChI=1S/C15H17BN2O5/c1-15(2,8-17)7-12(19)18-11-6-9-4-3-5-10(14(20)21)13(9)23-16(11)22/h3-5,11,22H,6-7H2,1-2H3,(H,18,19)(H,20,21)/t11-/m0/s1. The topological polar surface area (TPSA) is 120 Å². The number of nitrogens with one attached hydrogen (secondary N) is 1. The molecule has 1 aliphatic heterocycles. The molecule has 1 atom stereocenters. The Morgan fingerprint density at radius 2 is 2.22 bits per heavy atom. The number of para-hydroxylation sites is 1. The smallest absolute Gasteiger partial charge is 0.534 e. The molecule has 0 fully saturated rings. The van der Waals surface area contributed by atoms with Crippen molar-refractivity contribution in [2.24, 2.45) is 5.41 Å². The second kappa shape index (κ2) is 6.30.